The SMILES string of the molecule is C[C@]12CC[C@H]3[C@@H](CC=C4C[C@H](O)CC[C@@]43C)[C@@H]1C/C(=C\c1ccc(Br)cc1)[C@@H]2O. The predicted molar refractivity (Wildman–Crippen MR) is 121 cm³/mol. The van der Waals surface area contributed by atoms with E-state index in [9.17, 15) is 10.2 Å². The fourth-order valence-electron chi connectivity index (χ4n) is 7.41. The Morgan fingerprint density at radius 1 is 1.00 bits per heavy atom. The molecule has 0 heterocycles. The van der Waals surface area contributed by atoms with Crippen LogP contribution in [0.5, 0.6) is 0 Å². The molecule has 0 amide bonds. The highest BCUT2D eigenvalue weighted by Crippen LogP contribution is 2.65. The third-order valence-electron chi connectivity index (χ3n) is 9.17. The number of allylic oxidation sites excluding steroid dienone is 1. The number of aliphatic hydroxyl groups is 2. The monoisotopic (exact) mass is 456 g/mol. The smallest absolute Gasteiger partial charge is 0.0809 e. The minimum Gasteiger partial charge on any atom is -0.393 e. The van der Waals surface area contributed by atoms with Gasteiger partial charge in [0.05, 0.1) is 12.2 Å². The second-order valence-corrected chi connectivity index (χ2v) is 11.5. The zero-order valence-electron chi connectivity index (χ0n) is 17.6. The summed E-state index contributed by atoms with van der Waals surface area (Å²) in [6, 6.07) is 8.40. The molecule has 0 aliphatic heterocycles. The molecule has 2 nitrogen and oxygen atoms in total. The van der Waals surface area contributed by atoms with Crippen LogP contribution in [0, 0.1) is 28.6 Å². The molecule has 0 unspecified atom stereocenters. The van der Waals surface area contributed by atoms with Gasteiger partial charge in [-0.3, -0.25) is 0 Å². The van der Waals surface area contributed by atoms with E-state index in [0.717, 1.165) is 43.0 Å². The first-order valence-electron chi connectivity index (χ1n) is 11.3. The number of hydrogen-bond donors (Lipinski definition) is 2. The summed E-state index contributed by atoms with van der Waals surface area (Å²) in [5.74, 6) is 1.91. The lowest BCUT2D eigenvalue weighted by Crippen LogP contribution is -2.51. The van der Waals surface area contributed by atoms with E-state index in [0.29, 0.717) is 17.8 Å². The van der Waals surface area contributed by atoms with Crippen LogP contribution < -0.4 is 0 Å². The summed E-state index contributed by atoms with van der Waals surface area (Å²) in [6.45, 7) is 4.81. The van der Waals surface area contributed by atoms with Crippen molar-refractivity contribution < 1.29 is 10.2 Å². The van der Waals surface area contributed by atoms with Crippen molar-refractivity contribution in [3.05, 3.63) is 51.5 Å². The molecule has 2 N–H and O–H groups in total. The summed E-state index contributed by atoms with van der Waals surface area (Å²) in [5, 5.41) is 21.5. The summed E-state index contributed by atoms with van der Waals surface area (Å²) in [5.41, 5.74) is 4.18. The molecule has 29 heavy (non-hydrogen) atoms. The number of rotatable bonds is 1. The van der Waals surface area contributed by atoms with Gasteiger partial charge in [0.2, 0.25) is 0 Å². The van der Waals surface area contributed by atoms with E-state index in [1.807, 2.05) is 0 Å². The first-order chi connectivity index (χ1) is 13.8. The van der Waals surface area contributed by atoms with Gasteiger partial charge >= 0.3 is 0 Å². The van der Waals surface area contributed by atoms with Gasteiger partial charge in [0, 0.05) is 9.89 Å². The van der Waals surface area contributed by atoms with Crippen molar-refractivity contribution in [3.63, 3.8) is 0 Å². The molecule has 7 atom stereocenters. The van der Waals surface area contributed by atoms with Crippen LogP contribution in [0.15, 0.2) is 46.0 Å². The molecule has 4 aliphatic rings. The molecule has 3 saturated carbocycles. The maximum absolute atomic E-state index is 11.4. The molecule has 3 heteroatoms. The molecule has 1 aromatic rings. The highest BCUT2D eigenvalue weighted by atomic mass is 79.9. The molecule has 1 aromatic carbocycles. The van der Waals surface area contributed by atoms with Crippen LogP contribution in [0.4, 0.5) is 0 Å². The predicted octanol–water partition coefficient (Wildman–Crippen LogP) is 6.13. The van der Waals surface area contributed by atoms with E-state index in [1.54, 1.807) is 0 Å². The van der Waals surface area contributed by atoms with Gasteiger partial charge in [-0.05, 0) is 91.4 Å². The first-order valence-corrected chi connectivity index (χ1v) is 12.1. The third-order valence-corrected chi connectivity index (χ3v) is 9.70. The third kappa shape index (κ3) is 3.11. The normalized spacial score (nSPS) is 45.3. The van der Waals surface area contributed by atoms with Crippen molar-refractivity contribution in [2.24, 2.45) is 28.6 Å². The Bertz CT molecular complexity index is 856. The van der Waals surface area contributed by atoms with Crippen LogP contribution in [-0.2, 0) is 0 Å². The zero-order valence-corrected chi connectivity index (χ0v) is 19.2. The molecular weight excluding hydrogens is 424 g/mol. The maximum atomic E-state index is 11.4. The van der Waals surface area contributed by atoms with Crippen molar-refractivity contribution >= 4 is 22.0 Å². The fraction of sp³-hybridized carbons (Fsp3) is 0.615. The molecule has 5 rings (SSSR count). The second-order valence-electron chi connectivity index (χ2n) is 10.6. The average Bonchev–Trinajstić information content (AvgIpc) is 2.95. The van der Waals surface area contributed by atoms with Crippen LogP contribution in [0.3, 0.4) is 0 Å². The Morgan fingerprint density at radius 2 is 1.76 bits per heavy atom. The summed E-state index contributed by atoms with van der Waals surface area (Å²) < 4.78 is 1.09. The van der Waals surface area contributed by atoms with Crippen molar-refractivity contribution in [1.82, 2.24) is 0 Å². The second kappa shape index (κ2) is 7.07. The van der Waals surface area contributed by atoms with Crippen LogP contribution >= 0.6 is 15.9 Å². The fourth-order valence-corrected chi connectivity index (χ4v) is 7.68. The van der Waals surface area contributed by atoms with Crippen molar-refractivity contribution in [1.29, 1.82) is 0 Å². The Hall–Kier alpha value is -0.900. The molecule has 156 valence electrons. The summed E-state index contributed by atoms with van der Waals surface area (Å²) in [4.78, 5) is 0. The Kier molecular flexibility index (Phi) is 4.88. The van der Waals surface area contributed by atoms with E-state index < -0.39 is 0 Å². The van der Waals surface area contributed by atoms with Gasteiger partial charge in [0.15, 0.2) is 0 Å². The Morgan fingerprint density at radius 3 is 2.52 bits per heavy atom. The number of hydrogen-bond acceptors (Lipinski definition) is 2. The zero-order chi connectivity index (χ0) is 20.4. The average molecular weight is 457 g/mol. The van der Waals surface area contributed by atoms with E-state index in [4.69, 9.17) is 0 Å². The molecular formula is C26H33BrO2. The number of aliphatic hydroxyl groups excluding tert-OH is 2. The standard InChI is InChI=1S/C26H33BrO2/c1-25-11-9-20(28)15-18(25)5-8-21-22(25)10-12-26(2)23(21)14-17(24(26)29)13-16-3-6-19(27)7-4-16/h3-7,13,20-24,28-29H,8-12,14-15H2,1-2H3/b17-13+/t20-,21-,22+,23+,24+,25+,26+/m1/s1. The molecule has 3 fully saturated rings. The number of fused-ring (bicyclic) bond motifs is 5. The highest BCUT2D eigenvalue weighted by molar-refractivity contribution is 9.10. The summed E-state index contributed by atoms with van der Waals surface area (Å²) in [6.07, 6.45) is 11.6. The minimum absolute atomic E-state index is 0.00174. The van der Waals surface area contributed by atoms with Gasteiger partial charge in [0.25, 0.3) is 0 Å². The van der Waals surface area contributed by atoms with Gasteiger partial charge in [-0.1, -0.05) is 59.6 Å². The van der Waals surface area contributed by atoms with E-state index >= 15 is 0 Å². The van der Waals surface area contributed by atoms with Crippen LogP contribution in [0.25, 0.3) is 6.08 Å². The van der Waals surface area contributed by atoms with Crippen LogP contribution in [-0.4, -0.2) is 22.4 Å². The Balaban J connectivity index is 1.46. The van der Waals surface area contributed by atoms with Crippen LogP contribution in [0.1, 0.15) is 64.4 Å². The molecule has 0 saturated heterocycles. The lowest BCUT2D eigenvalue weighted by Gasteiger charge is -2.57. The number of halogens is 1. The highest BCUT2D eigenvalue weighted by Gasteiger charge is 2.59. The maximum Gasteiger partial charge on any atom is 0.0809 e. The molecule has 0 radical (unpaired) electrons. The minimum atomic E-state index is -0.330. The van der Waals surface area contributed by atoms with E-state index in [1.165, 1.54) is 23.1 Å². The summed E-state index contributed by atoms with van der Waals surface area (Å²) >= 11 is 3.51. The topological polar surface area (TPSA) is 40.5 Å². The lowest BCUT2D eigenvalue weighted by atomic mass is 9.48. The van der Waals surface area contributed by atoms with Crippen molar-refractivity contribution in [2.75, 3.05) is 0 Å². The molecule has 0 bridgehead atoms. The van der Waals surface area contributed by atoms with E-state index in [-0.39, 0.29) is 23.0 Å². The largest absolute Gasteiger partial charge is 0.393 e. The van der Waals surface area contributed by atoms with E-state index in [2.05, 4.69) is 66.2 Å². The lowest BCUT2D eigenvalue weighted by molar-refractivity contribution is -0.0685. The Labute approximate surface area is 183 Å². The van der Waals surface area contributed by atoms with Gasteiger partial charge in [-0.15, -0.1) is 0 Å². The van der Waals surface area contributed by atoms with Crippen LogP contribution in [0.2, 0.25) is 0 Å². The summed E-state index contributed by atoms with van der Waals surface area (Å²) in [7, 11) is 0. The van der Waals surface area contributed by atoms with Gasteiger partial charge < -0.3 is 10.2 Å². The molecule has 0 spiro atoms. The quantitative estimate of drug-likeness (QED) is 0.499. The number of benzene rings is 1. The molecule has 4 aliphatic carbocycles. The first kappa shape index (κ1) is 20.0. The van der Waals surface area contributed by atoms with Crippen molar-refractivity contribution in [3.8, 4) is 0 Å². The van der Waals surface area contributed by atoms with Gasteiger partial charge in [-0.2, -0.15) is 0 Å². The molecule has 0 aromatic heterocycles. The van der Waals surface area contributed by atoms with Gasteiger partial charge in [0.1, 0.15) is 0 Å². The van der Waals surface area contributed by atoms with Crippen molar-refractivity contribution in [2.45, 2.75) is 71.0 Å². The van der Waals surface area contributed by atoms with Gasteiger partial charge in [-0.25, -0.2) is 0 Å².